The standard InChI is InChI=1S/C15H23ClN2O4S/c1-14(2,3)22-13(19)18-15(4,5)10-17-23(20,21)12-9-7-6-8-11(12)16/h6-9,17H,10H2,1-5H3,(H,18,19). The molecule has 0 bridgehead atoms. The molecule has 0 aliphatic rings. The van der Waals surface area contributed by atoms with Crippen molar-refractivity contribution in [3.63, 3.8) is 0 Å². The quantitative estimate of drug-likeness (QED) is 0.843. The number of nitrogens with one attached hydrogen (secondary N) is 2. The van der Waals surface area contributed by atoms with E-state index >= 15 is 0 Å². The Morgan fingerprint density at radius 2 is 1.74 bits per heavy atom. The molecule has 130 valence electrons. The number of sulfonamides is 1. The maximum Gasteiger partial charge on any atom is 0.408 e. The zero-order valence-corrected chi connectivity index (χ0v) is 15.5. The summed E-state index contributed by atoms with van der Waals surface area (Å²) in [4.78, 5) is 11.8. The Kier molecular flexibility index (Phi) is 6.06. The van der Waals surface area contributed by atoms with Crippen LogP contribution in [-0.4, -0.2) is 32.2 Å². The van der Waals surface area contributed by atoms with Gasteiger partial charge in [0.25, 0.3) is 0 Å². The minimum atomic E-state index is -3.77. The number of benzene rings is 1. The van der Waals surface area contributed by atoms with Gasteiger partial charge in [-0.25, -0.2) is 17.9 Å². The van der Waals surface area contributed by atoms with Crippen LogP contribution in [0.2, 0.25) is 5.02 Å². The van der Waals surface area contributed by atoms with Crippen molar-refractivity contribution in [1.82, 2.24) is 10.0 Å². The van der Waals surface area contributed by atoms with Gasteiger partial charge in [0.05, 0.1) is 10.6 Å². The third kappa shape index (κ3) is 6.76. The smallest absolute Gasteiger partial charge is 0.408 e. The average molecular weight is 363 g/mol. The van der Waals surface area contributed by atoms with Crippen LogP contribution >= 0.6 is 11.6 Å². The average Bonchev–Trinajstić information content (AvgIpc) is 2.34. The molecule has 0 radical (unpaired) electrons. The van der Waals surface area contributed by atoms with Gasteiger partial charge in [-0.05, 0) is 46.8 Å². The summed E-state index contributed by atoms with van der Waals surface area (Å²) in [6, 6.07) is 6.15. The van der Waals surface area contributed by atoms with Crippen LogP contribution < -0.4 is 10.0 Å². The maximum atomic E-state index is 12.3. The molecule has 0 unspecified atom stereocenters. The second-order valence-electron chi connectivity index (χ2n) is 6.77. The fraction of sp³-hybridized carbons (Fsp3) is 0.533. The minimum Gasteiger partial charge on any atom is -0.444 e. The fourth-order valence-electron chi connectivity index (χ4n) is 1.64. The molecule has 0 atom stereocenters. The van der Waals surface area contributed by atoms with Crippen LogP contribution in [0.5, 0.6) is 0 Å². The van der Waals surface area contributed by atoms with Crippen molar-refractivity contribution in [2.24, 2.45) is 0 Å². The Hall–Kier alpha value is -1.31. The van der Waals surface area contributed by atoms with Crippen molar-refractivity contribution < 1.29 is 17.9 Å². The Balaban J connectivity index is 2.72. The third-order valence-corrected chi connectivity index (χ3v) is 4.57. The SMILES string of the molecule is CC(C)(CNS(=O)(=O)c1ccccc1Cl)NC(=O)OC(C)(C)C. The molecule has 0 aliphatic heterocycles. The van der Waals surface area contributed by atoms with Crippen molar-refractivity contribution in [1.29, 1.82) is 0 Å². The molecule has 1 amide bonds. The normalized spacial score (nSPS) is 12.8. The molecule has 0 aromatic heterocycles. The molecule has 0 spiro atoms. The van der Waals surface area contributed by atoms with Crippen molar-refractivity contribution in [3.05, 3.63) is 29.3 Å². The molecule has 1 aromatic rings. The molecule has 0 fully saturated rings. The van der Waals surface area contributed by atoms with Gasteiger partial charge in [0.15, 0.2) is 0 Å². The number of hydrogen-bond donors (Lipinski definition) is 2. The van der Waals surface area contributed by atoms with Gasteiger partial charge in [0.1, 0.15) is 10.5 Å². The number of carbonyl (C=O) groups is 1. The highest BCUT2D eigenvalue weighted by Gasteiger charge is 2.27. The van der Waals surface area contributed by atoms with Gasteiger partial charge in [0.2, 0.25) is 10.0 Å². The number of rotatable bonds is 5. The van der Waals surface area contributed by atoms with Gasteiger partial charge in [-0.2, -0.15) is 0 Å². The molecule has 0 saturated heterocycles. The first-order valence-electron chi connectivity index (χ1n) is 7.08. The zero-order valence-electron chi connectivity index (χ0n) is 13.9. The van der Waals surface area contributed by atoms with E-state index in [9.17, 15) is 13.2 Å². The summed E-state index contributed by atoms with van der Waals surface area (Å²) in [5.74, 6) is 0. The van der Waals surface area contributed by atoms with Crippen LogP contribution in [0.25, 0.3) is 0 Å². The molecule has 1 rings (SSSR count). The van der Waals surface area contributed by atoms with Crippen LogP contribution in [0.4, 0.5) is 4.79 Å². The van der Waals surface area contributed by atoms with Crippen molar-refractivity contribution in [2.75, 3.05) is 6.54 Å². The number of carbonyl (C=O) groups excluding carboxylic acids is 1. The largest absolute Gasteiger partial charge is 0.444 e. The third-order valence-electron chi connectivity index (χ3n) is 2.67. The molecule has 0 heterocycles. The Morgan fingerprint density at radius 1 is 1.17 bits per heavy atom. The lowest BCUT2D eigenvalue weighted by molar-refractivity contribution is 0.0474. The van der Waals surface area contributed by atoms with E-state index < -0.39 is 27.3 Å². The predicted octanol–water partition coefficient (Wildman–Crippen LogP) is 2.92. The molecule has 6 nitrogen and oxygen atoms in total. The maximum absolute atomic E-state index is 12.3. The van der Waals surface area contributed by atoms with E-state index in [1.807, 2.05) is 0 Å². The predicted molar refractivity (Wildman–Crippen MR) is 90.1 cm³/mol. The van der Waals surface area contributed by atoms with Crippen LogP contribution in [0.15, 0.2) is 29.2 Å². The summed E-state index contributed by atoms with van der Waals surface area (Å²) in [5.41, 5.74) is -1.46. The van der Waals surface area contributed by atoms with Crippen LogP contribution in [0.3, 0.4) is 0 Å². The lowest BCUT2D eigenvalue weighted by Gasteiger charge is -2.28. The fourth-order valence-corrected chi connectivity index (χ4v) is 3.37. The molecular weight excluding hydrogens is 340 g/mol. The lowest BCUT2D eigenvalue weighted by atomic mass is 10.1. The van der Waals surface area contributed by atoms with E-state index in [0.717, 1.165) is 0 Å². The highest BCUT2D eigenvalue weighted by molar-refractivity contribution is 7.89. The molecule has 0 saturated carbocycles. The highest BCUT2D eigenvalue weighted by atomic mass is 35.5. The van der Waals surface area contributed by atoms with Gasteiger partial charge < -0.3 is 10.1 Å². The minimum absolute atomic E-state index is 0.00488. The number of halogens is 1. The van der Waals surface area contributed by atoms with Crippen molar-refractivity contribution >= 4 is 27.7 Å². The van der Waals surface area contributed by atoms with Gasteiger partial charge in [-0.1, -0.05) is 23.7 Å². The number of alkyl carbamates (subject to hydrolysis) is 1. The van der Waals surface area contributed by atoms with Crippen molar-refractivity contribution in [2.45, 2.75) is 50.7 Å². The summed E-state index contributed by atoms with van der Waals surface area (Å²) in [7, 11) is -3.77. The second-order valence-corrected chi connectivity index (χ2v) is 8.91. The van der Waals surface area contributed by atoms with E-state index in [1.165, 1.54) is 12.1 Å². The first kappa shape index (κ1) is 19.7. The molecule has 8 heteroatoms. The Bertz CT molecular complexity index is 666. The first-order valence-corrected chi connectivity index (χ1v) is 8.94. The number of ether oxygens (including phenoxy) is 1. The molecule has 2 N–H and O–H groups in total. The van der Waals surface area contributed by atoms with E-state index in [1.54, 1.807) is 46.8 Å². The van der Waals surface area contributed by atoms with Crippen LogP contribution in [0, 0.1) is 0 Å². The molecule has 1 aromatic carbocycles. The summed E-state index contributed by atoms with van der Waals surface area (Å²) in [6.07, 6.45) is -0.612. The summed E-state index contributed by atoms with van der Waals surface area (Å²) in [6.45, 7) is 8.61. The number of hydrogen-bond acceptors (Lipinski definition) is 4. The monoisotopic (exact) mass is 362 g/mol. The van der Waals surface area contributed by atoms with E-state index in [2.05, 4.69) is 10.0 Å². The summed E-state index contributed by atoms with van der Waals surface area (Å²) in [5, 5.41) is 2.77. The van der Waals surface area contributed by atoms with Gasteiger partial charge in [-0.3, -0.25) is 0 Å². The summed E-state index contributed by atoms with van der Waals surface area (Å²) < 4.78 is 32.2. The van der Waals surface area contributed by atoms with E-state index in [-0.39, 0.29) is 16.5 Å². The van der Waals surface area contributed by atoms with Gasteiger partial charge in [-0.15, -0.1) is 0 Å². The van der Waals surface area contributed by atoms with Crippen LogP contribution in [0.1, 0.15) is 34.6 Å². The number of amides is 1. The van der Waals surface area contributed by atoms with E-state index in [4.69, 9.17) is 16.3 Å². The Labute approximate surface area is 142 Å². The second kappa shape index (κ2) is 7.07. The van der Waals surface area contributed by atoms with Gasteiger partial charge >= 0.3 is 6.09 Å². The zero-order chi connectivity index (χ0) is 17.9. The molecule has 23 heavy (non-hydrogen) atoms. The first-order chi connectivity index (χ1) is 10.3. The van der Waals surface area contributed by atoms with E-state index in [0.29, 0.717) is 0 Å². The summed E-state index contributed by atoms with van der Waals surface area (Å²) >= 11 is 5.91. The molecular formula is C15H23ClN2O4S. The lowest BCUT2D eigenvalue weighted by Crippen LogP contribution is -2.52. The topological polar surface area (TPSA) is 84.5 Å². The van der Waals surface area contributed by atoms with Gasteiger partial charge in [0, 0.05) is 6.54 Å². The Morgan fingerprint density at radius 3 is 2.26 bits per heavy atom. The van der Waals surface area contributed by atoms with Crippen LogP contribution in [-0.2, 0) is 14.8 Å². The van der Waals surface area contributed by atoms with Crippen molar-refractivity contribution in [3.8, 4) is 0 Å². The molecule has 0 aliphatic carbocycles. The highest BCUT2D eigenvalue weighted by Crippen LogP contribution is 2.20.